The van der Waals surface area contributed by atoms with Crippen molar-refractivity contribution in [1.29, 1.82) is 0 Å². The van der Waals surface area contributed by atoms with Gasteiger partial charge in [-0.15, -0.1) is 0 Å². The van der Waals surface area contributed by atoms with Crippen LogP contribution in [0.5, 0.6) is 0 Å². The van der Waals surface area contributed by atoms with Crippen LogP contribution in [-0.4, -0.2) is 19.7 Å². The second-order valence-electron chi connectivity index (χ2n) is 6.24. The van der Waals surface area contributed by atoms with Crippen LogP contribution in [0.1, 0.15) is 17.0 Å². The number of nitrogens with zero attached hydrogens (tertiary/aromatic N) is 4. The van der Waals surface area contributed by atoms with Gasteiger partial charge in [0.05, 0.1) is 11.2 Å². The third-order valence-electron chi connectivity index (χ3n) is 4.22. The van der Waals surface area contributed by atoms with Crippen LogP contribution < -0.4 is 5.32 Å². The Bertz CT molecular complexity index is 1070. The number of nitrogens with one attached hydrogen (secondary N) is 1. The van der Waals surface area contributed by atoms with Crippen LogP contribution in [0, 0.1) is 13.8 Å². The molecule has 0 atom stereocenters. The van der Waals surface area contributed by atoms with E-state index in [0.717, 1.165) is 43.8 Å². The fourth-order valence-electron chi connectivity index (χ4n) is 2.98. The molecule has 0 saturated carbocycles. The molecule has 0 aliphatic carbocycles. The van der Waals surface area contributed by atoms with Gasteiger partial charge in [-0.25, -0.2) is 9.67 Å². The molecule has 0 aliphatic heterocycles. The molecule has 0 fully saturated rings. The summed E-state index contributed by atoms with van der Waals surface area (Å²) in [5.74, 6) is 0.832. The monoisotopic (exact) mass is 407 g/mol. The van der Waals surface area contributed by atoms with Crippen molar-refractivity contribution in [3.63, 3.8) is 0 Å². The molecule has 5 nitrogen and oxygen atoms in total. The molecule has 4 aromatic rings. The van der Waals surface area contributed by atoms with E-state index in [-0.39, 0.29) is 0 Å². The molecule has 1 N–H and O–H groups in total. The SMILES string of the molecule is Cc1cc(C)n(-c2ccc(CNc3ccnc4cc(Br)ccc34)cn2)n1. The van der Waals surface area contributed by atoms with Gasteiger partial charge in [-0.1, -0.05) is 22.0 Å². The molecule has 0 radical (unpaired) electrons. The standard InChI is InChI=1S/C20H18BrN5/c1-13-9-14(2)26(25-13)20-6-3-15(12-24-20)11-23-18-7-8-22-19-10-16(21)4-5-17(18)19/h3-10,12H,11H2,1-2H3,(H,22,23). The van der Waals surface area contributed by atoms with Gasteiger partial charge in [0.1, 0.15) is 0 Å². The van der Waals surface area contributed by atoms with Crippen molar-refractivity contribution in [3.05, 3.63) is 76.3 Å². The highest BCUT2D eigenvalue weighted by atomic mass is 79.9. The maximum absolute atomic E-state index is 4.55. The van der Waals surface area contributed by atoms with E-state index in [1.165, 1.54) is 0 Å². The number of hydrogen-bond donors (Lipinski definition) is 1. The molecule has 0 bridgehead atoms. The van der Waals surface area contributed by atoms with Crippen LogP contribution in [0.3, 0.4) is 0 Å². The van der Waals surface area contributed by atoms with Crippen molar-refractivity contribution in [2.45, 2.75) is 20.4 Å². The molecule has 3 aromatic heterocycles. The van der Waals surface area contributed by atoms with Gasteiger partial charge < -0.3 is 5.32 Å². The van der Waals surface area contributed by atoms with Crippen LogP contribution in [-0.2, 0) is 6.54 Å². The van der Waals surface area contributed by atoms with Crippen molar-refractivity contribution >= 4 is 32.5 Å². The average molecular weight is 408 g/mol. The molecule has 0 saturated heterocycles. The van der Waals surface area contributed by atoms with Gasteiger partial charge in [0.15, 0.2) is 5.82 Å². The summed E-state index contributed by atoms with van der Waals surface area (Å²) in [5, 5.41) is 9.05. The average Bonchev–Trinajstić information content (AvgIpc) is 2.98. The van der Waals surface area contributed by atoms with Gasteiger partial charge in [-0.2, -0.15) is 5.10 Å². The van der Waals surface area contributed by atoms with E-state index >= 15 is 0 Å². The molecule has 0 unspecified atom stereocenters. The summed E-state index contributed by atoms with van der Waals surface area (Å²) in [7, 11) is 0. The highest BCUT2D eigenvalue weighted by molar-refractivity contribution is 9.10. The van der Waals surface area contributed by atoms with E-state index in [9.17, 15) is 0 Å². The lowest BCUT2D eigenvalue weighted by Gasteiger charge is -2.10. The molecule has 0 aliphatic rings. The number of aryl methyl sites for hydroxylation is 2. The zero-order valence-electron chi connectivity index (χ0n) is 14.6. The molecule has 6 heteroatoms. The lowest BCUT2D eigenvalue weighted by molar-refractivity contribution is 0.804. The number of hydrogen-bond acceptors (Lipinski definition) is 4. The Morgan fingerprint density at radius 2 is 1.92 bits per heavy atom. The first-order valence-electron chi connectivity index (χ1n) is 8.37. The maximum atomic E-state index is 4.55. The predicted octanol–water partition coefficient (Wildman–Crippen LogP) is 4.81. The minimum Gasteiger partial charge on any atom is -0.380 e. The smallest absolute Gasteiger partial charge is 0.153 e. The van der Waals surface area contributed by atoms with Gasteiger partial charge in [0, 0.05) is 40.2 Å². The second-order valence-corrected chi connectivity index (χ2v) is 7.15. The minimum absolute atomic E-state index is 0.694. The van der Waals surface area contributed by atoms with Gasteiger partial charge in [0.2, 0.25) is 0 Å². The summed E-state index contributed by atoms with van der Waals surface area (Å²) < 4.78 is 2.89. The van der Waals surface area contributed by atoms with Crippen molar-refractivity contribution in [3.8, 4) is 5.82 Å². The van der Waals surface area contributed by atoms with Gasteiger partial charge in [0.25, 0.3) is 0 Å². The van der Waals surface area contributed by atoms with Gasteiger partial charge in [-0.05, 0) is 55.8 Å². The van der Waals surface area contributed by atoms with E-state index in [1.54, 1.807) is 0 Å². The third kappa shape index (κ3) is 3.32. The first-order chi connectivity index (χ1) is 12.6. The fraction of sp³-hybridized carbons (Fsp3) is 0.150. The molecular weight excluding hydrogens is 390 g/mol. The normalized spacial score (nSPS) is 11.0. The second kappa shape index (κ2) is 6.88. The Hall–Kier alpha value is -2.73. The summed E-state index contributed by atoms with van der Waals surface area (Å²) in [5.41, 5.74) is 5.20. The highest BCUT2D eigenvalue weighted by Gasteiger charge is 2.06. The van der Waals surface area contributed by atoms with E-state index in [1.807, 2.05) is 61.3 Å². The largest absolute Gasteiger partial charge is 0.380 e. The lowest BCUT2D eigenvalue weighted by Crippen LogP contribution is -2.04. The van der Waals surface area contributed by atoms with E-state index in [2.05, 4.69) is 48.4 Å². The zero-order chi connectivity index (χ0) is 18.1. The first-order valence-corrected chi connectivity index (χ1v) is 9.16. The molecule has 4 rings (SSSR count). The first kappa shape index (κ1) is 16.7. The molecule has 1 aromatic carbocycles. The van der Waals surface area contributed by atoms with Crippen LogP contribution in [0.2, 0.25) is 0 Å². The summed E-state index contributed by atoms with van der Waals surface area (Å²) in [4.78, 5) is 8.97. The highest BCUT2D eigenvalue weighted by Crippen LogP contribution is 2.25. The predicted molar refractivity (Wildman–Crippen MR) is 108 cm³/mol. The molecule has 130 valence electrons. The van der Waals surface area contributed by atoms with E-state index in [0.29, 0.717) is 6.54 Å². The third-order valence-corrected chi connectivity index (χ3v) is 4.72. The zero-order valence-corrected chi connectivity index (χ0v) is 16.2. The van der Waals surface area contributed by atoms with Crippen molar-refractivity contribution in [1.82, 2.24) is 19.7 Å². The van der Waals surface area contributed by atoms with Gasteiger partial charge in [-0.3, -0.25) is 4.98 Å². The Morgan fingerprint density at radius 3 is 2.65 bits per heavy atom. The van der Waals surface area contributed by atoms with Crippen molar-refractivity contribution in [2.75, 3.05) is 5.32 Å². The Balaban J connectivity index is 1.53. The van der Waals surface area contributed by atoms with Crippen LogP contribution in [0.4, 0.5) is 5.69 Å². The summed E-state index contributed by atoms with van der Waals surface area (Å²) in [6.45, 7) is 4.71. The summed E-state index contributed by atoms with van der Waals surface area (Å²) in [6, 6.07) is 14.2. The number of benzene rings is 1. The van der Waals surface area contributed by atoms with Gasteiger partial charge >= 0.3 is 0 Å². The minimum atomic E-state index is 0.694. The molecule has 0 spiro atoms. The number of pyridine rings is 2. The Labute approximate surface area is 160 Å². The molecule has 26 heavy (non-hydrogen) atoms. The van der Waals surface area contributed by atoms with Crippen molar-refractivity contribution in [2.24, 2.45) is 0 Å². The van der Waals surface area contributed by atoms with E-state index < -0.39 is 0 Å². The van der Waals surface area contributed by atoms with E-state index in [4.69, 9.17) is 0 Å². The van der Waals surface area contributed by atoms with Crippen LogP contribution >= 0.6 is 15.9 Å². The molecule has 0 amide bonds. The maximum Gasteiger partial charge on any atom is 0.153 e. The topological polar surface area (TPSA) is 55.6 Å². The Morgan fingerprint density at radius 1 is 1.04 bits per heavy atom. The molecular formula is C20H18BrN5. The Kier molecular flexibility index (Phi) is 4.42. The summed E-state index contributed by atoms with van der Waals surface area (Å²) in [6.07, 6.45) is 3.71. The lowest BCUT2D eigenvalue weighted by atomic mass is 10.2. The number of fused-ring (bicyclic) bond motifs is 1. The number of rotatable bonds is 4. The summed E-state index contributed by atoms with van der Waals surface area (Å²) >= 11 is 3.49. The number of anilines is 1. The number of aromatic nitrogens is 4. The van der Waals surface area contributed by atoms with Crippen molar-refractivity contribution < 1.29 is 0 Å². The fourth-order valence-corrected chi connectivity index (χ4v) is 3.33. The molecule has 3 heterocycles. The quantitative estimate of drug-likeness (QED) is 0.527. The van der Waals surface area contributed by atoms with Crippen LogP contribution in [0.15, 0.2) is 59.3 Å². The van der Waals surface area contributed by atoms with Crippen LogP contribution in [0.25, 0.3) is 16.7 Å². The number of halogens is 1.